The van der Waals surface area contributed by atoms with Gasteiger partial charge >= 0.3 is 0 Å². The molecule has 0 saturated heterocycles. The van der Waals surface area contributed by atoms with Crippen molar-refractivity contribution in [2.24, 2.45) is 5.92 Å². The molecular weight excluding hydrogens is 242 g/mol. The molecular formula is C19H31N. The molecule has 0 aromatic heterocycles. The Morgan fingerprint density at radius 2 is 1.70 bits per heavy atom. The molecule has 0 aliphatic carbocycles. The first-order valence-corrected chi connectivity index (χ1v) is 8.16. The minimum Gasteiger partial charge on any atom is -0.368 e. The largest absolute Gasteiger partial charge is 0.368 e. The van der Waals surface area contributed by atoms with Gasteiger partial charge in [-0.25, -0.2) is 0 Å². The van der Waals surface area contributed by atoms with Crippen LogP contribution in [0.2, 0.25) is 0 Å². The fourth-order valence-corrected chi connectivity index (χ4v) is 3.59. The third-order valence-corrected chi connectivity index (χ3v) is 5.22. The van der Waals surface area contributed by atoms with Crippen molar-refractivity contribution in [3.63, 3.8) is 0 Å². The predicted molar refractivity (Wildman–Crippen MR) is 90.1 cm³/mol. The van der Waals surface area contributed by atoms with Crippen LogP contribution >= 0.6 is 0 Å². The van der Waals surface area contributed by atoms with Crippen LogP contribution in [-0.2, 0) is 0 Å². The molecule has 1 aromatic carbocycles. The van der Waals surface area contributed by atoms with E-state index in [1.807, 2.05) is 0 Å². The number of benzene rings is 1. The van der Waals surface area contributed by atoms with Crippen LogP contribution in [0, 0.1) is 19.8 Å². The molecule has 0 saturated carbocycles. The van der Waals surface area contributed by atoms with Crippen molar-refractivity contribution in [2.75, 3.05) is 11.4 Å². The smallest absolute Gasteiger partial charge is 0.0442 e. The van der Waals surface area contributed by atoms with E-state index in [2.05, 4.69) is 66.4 Å². The van der Waals surface area contributed by atoms with E-state index in [1.165, 1.54) is 23.2 Å². The molecule has 0 radical (unpaired) electrons. The lowest BCUT2D eigenvalue weighted by Gasteiger charge is -2.44. The van der Waals surface area contributed by atoms with E-state index < -0.39 is 0 Å². The highest BCUT2D eigenvalue weighted by atomic mass is 15.2. The van der Waals surface area contributed by atoms with Crippen LogP contribution < -0.4 is 4.90 Å². The summed E-state index contributed by atoms with van der Waals surface area (Å²) < 4.78 is 0. The Morgan fingerprint density at radius 3 is 2.20 bits per heavy atom. The Bertz CT molecular complexity index is 499. The Labute approximate surface area is 125 Å². The van der Waals surface area contributed by atoms with Gasteiger partial charge in [-0.1, -0.05) is 33.8 Å². The first-order chi connectivity index (χ1) is 9.25. The fourth-order valence-electron chi connectivity index (χ4n) is 3.59. The number of rotatable bonds is 2. The molecule has 0 spiro atoms. The second-order valence-corrected chi connectivity index (χ2v) is 7.34. The first-order valence-electron chi connectivity index (χ1n) is 8.16. The minimum absolute atomic E-state index is 0.573. The molecule has 0 N–H and O–H groups in total. The van der Waals surface area contributed by atoms with Crippen molar-refractivity contribution >= 4 is 5.69 Å². The quantitative estimate of drug-likeness (QED) is 0.698. The van der Waals surface area contributed by atoms with Gasteiger partial charge in [0.25, 0.3) is 0 Å². The molecule has 0 bridgehead atoms. The maximum absolute atomic E-state index is 2.64. The maximum Gasteiger partial charge on any atom is 0.0442 e. The number of anilines is 1. The second-order valence-electron chi connectivity index (χ2n) is 7.34. The summed E-state index contributed by atoms with van der Waals surface area (Å²) in [6.07, 6.45) is 0. The highest BCUT2D eigenvalue weighted by molar-refractivity contribution is 5.68. The molecule has 1 aliphatic heterocycles. The Hall–Kier alpha value is -0.980. The summed E-state index contributed by atoms with van der Waals surface area (Å²) >= 11 is 0. The number of nitrogens with zero attached hydrogens (tertiary/aromatic N) is 1. The zero-order valence-corrected chi connectivity index (χ0v) is 14.5. The summed E-state index contributed by atoms with van der Waals surface area (Å²) in [5.74, 6) is 1.98. The van der Waals surface area contributed by atoms with E-state index in [1.54, 1.807) is 11.3 Å². The van der Waals surface area contributed by atoms with Gasteiger partial charge in [-0.05, 0) is 67.7 Å². The molecule has 1 heteroatoms. The van der Waals surface area contributed by atoms with Crippen LogP contribution in [0.3, 0.4) is 0 Å². The standard InChI is InChI=1S/C19H31N/c1-11(2)17-9-13(5)15(7)18-16(8)14(6)10-20(12(3)4)19(17)18/h9,11-12,14,16H,10H2,1-8H3/t14-,16-/m0/s1. The van der Waals surface area contributed by atoms with E-state index in [0.717, 1.165) is 5.92 Å². The van der Waals surface area contributed by atoms with Crippen LogP contribution in [0.15, 0.2) is 6.07 Å². The molecule has 20 heavy (non-hydrogen) atoms. The molecule has 2 atom stereocenters. The van der Waals surface area contributed by atoms with Crippen LogP contribution in [0.1, 0.15) is 75.6 Å². The molecule has 1 nitrogen and oxygen atoms in total. The summed E-state index contributed by atoms with van der Waals surface area (Å²) in [5.41, 5.74) is 7.66. The van der Waals surface area contributed by atoms with E-state index in [-0.39, 0.29) is 0 Å². The zero-order chi connectivity index (χ0) is 15.2. The average Bonchev–Trinajstić information content (AvgIpc) is 2.36. The molecule has 1 heterocycles. The highest BCUT2D eigenvalue weighted by Crippen LogP contribution is 2.46. The van der Waals surface area contributed by atoms with Crippen molar-refractivity contribution in [3.05, 3.63) is 28.3 Å². The lowest BCUT2D eigenvalue weighted by atomic mass is 9.77. The summed E-state index contributed by atoms with van der Waals surface area (Å²) in [5, 5.41) is 0. The van der Waals surface area contributed by atoms with Crippen molar-refractivity contribution in [3.8, 4) is 0 Å². The zero-order valence-electron chi connectivity index (χ0n) is 14.5. The fraction of sp³-hybridized carbons (Fsp3) is 0.684. The third kappa shape index (κ3) is 2.36. The number of aryl methyl sites for hydroxylation is 1. The topological polar surface area (TPSA) is 3.24 Å². The molecule has 0 amide bonds. The molecule has 1 aliphatic rings. The molecule has 112 valence electrons. The summed E-state index contributed by atoms with van der Waals surface area (Å²) in [7, 11) is 0. The molecule has 0 fully saturated rings. The second kappa shape index (κ2) is 5.42. The third-order valence-electron chi connectivity index (χ3n) is 5.22. The van der Waals surface area contributed by atoms with Crippen molar-refractivity contribution in [1.29, 1.82) is 0 Å². The summed E-state index contributed by atoms with van der Waals surface area (Å²) in [4.78, 5) is 2.64. The van der Waals surface area contributed by atoms with Crippen molar-refractivity contribution < 1.29 is 0 Å². The number of hydrogen-bond acceptors (Lipinski definition) is 1. The lowest BCUT2D eigenvalue weighted by molar-refractivity contribution is 0.436. The van der Waals surface area contributed by atoms with Gasteiger partial charge in [0.1, 0.15) is 0 Å². The van der Waals surface area contributed by atoms with Gasteiger partial charge in [-0.3, -0.25) is 0 Å². The van der Waals surface area contributed by atoms with Gasteiger partial charge in [0.05, 0.1) is 0 Å². The van der Waals surface area contributed by atoms with Gasteiger partial charge < -0.3 is 4.90 Å². The highest BCUT2D eigenvalue weighted by Gasteiger charge is 2.33. The maximum atomic E-state index is 2.64. The monoisotopic (exact) mass is 273 g/mol. The minimum atomic E-state index is 0.573. The van der Waals surface area contributed by atoms with Gasteiger partial charge in [-0.2, -0.15) is 0 Å². The van der Waals surface area contributed by atoms with E-state index >= 15 is 0 Å². The normalized spacial score (nSPS) is 22.6. The van der Waals surface area contributed by atoms with Crippen LogP contribution in [0.25, 0.3) is 0 Å². The summed E-state index contributed by atoms with van der Waals surface area (Å²) in [6.45, 7) is 19.9. The Balaban J connectivity index is 2.76. The lowest BCUT2D eigenvalue weighted by Crippen LogP contribution is -2.41. The predicted octanol–water partition coefficient (Wildman–Crippen LogP) is 5.39. The summed E-state index contributed by atoms with van der Waals surface area (Å²) in [6, 6.07) is 3.00. The van der Waals surface area contributed by atoms with Gasteiger partial charge in [0.15, 0.2) is 0 Å². The first kappa shape index (κ1) is 15.4. The number of fused-ring (bicyclic) bond motifs is 1. The molecule has 1 aromatic rings. The number of hydrogen-bond donors (Lipinski definition) is 0. The van der Waals surface area contributed by atoms with E-state index in [0.29, 0.717) is 17.9 Å². The van der Waals surface area contributed by atoms with Gasteiger partial charge in [0, 0.05) is 18.3 Å². The van der Waals surface area contributed by atoms with Crippen molar-refractivity contribution in [2.45, 2.75) is 73.3 Å². The van der Waals surface area contributed by atoms with Crippen LogP contribution in [0.5, 0.6) is 0 Å². The van der Waals surface area contributed by atoms with Crippen LogP contribution in [0.4, 0.5) is 5.69 Å². The average molecular weight is 273 g/mol. The Kier molecular flexibility index (Phi) is 4.18. The molecule has 2 rings (SSSR count). The SMILES string of the molecule is Cc1cc(C(C)C)c2c(c1C)[C@@H](C)[C@@H](C)CN2C(C)C. The van der Waals surface area contributed by atoms with Gasteiger partial charge in [0.2, 0.25) is 0 Å². The van der Waals surface area contributed by atoms with Crippen molar-refractivity contribution in [1.82, 2.24) is 0 Å². The van der Waals surface area contributed by atoms with Crippen LogP contribution in [-0.4, -0.2) is 12.6 Å². The van der Waals surface area contributed by atoms with Gasteiger partial charge in [-0.15, -0.1) is 0 Å². The Morgan fingerprint density at radius 1 is 1.10 bits per heavy atom. The van der Waals surface area contributed by atoms with E-state index in [9.17, 15) is 0 Å². The molecule has 0 unspecified atom stereocenters. The van der Waals surface area contributed by atoms with E-state index in [4.69, 9.17) is 0 Å².